The minimum Gasteiger partial charge on any atom is -0.302 e. The molecule has 7 heteroatoms. The average Bonchev–Trinajstić information content (AvgIpc) is 2.82. The van der Waals surface area contributed by atoms with Crippen molar-refractivity contribution in [3.05, 3.63) is 79.4 Å². The van der Waals surface area contributed by atoms with Crippen molar-refractivity contribution in [3.63, 3.8) is 0 Å². The van der Waals surface area contributed by atoms with E-state index in [9.17, 15) is 20.2 Å². The Morgan fingerprint density at radius 1 is 0.840 bits per heavy atom. The fourth-order valence-corrected chi connectivity index (χ4v) is 3.17. The van der Waals surface area contributed by atoms with E-state index in [0.29, 0.717) is 0 Å². The molecule has 2 aromatic carbocycles. The van der Waals surface area contributed by atoms with Crippen molar-refractivity contribution < 1.29 is 9.85 Å². The molecule has 0 radical (unpaired) electrons. The molecule has 3 rings (SSSR count). The maximum absolute atomic E-state index is 10.9. The van der Waals surface area contributed by atoms with Crippen molar-refractivity contribution in [3.8, 4) is 0 Å². The molecule has 0 saturated carbocycles. The molecule has 0 amide bonds. The number of hydrogen-bond donors (Lipinski definition) is 0. The zero-order valence-electron chi connectivity index (χ0n) is 13.8. The zero-order valence-corrected chi connectivity index (χ0v) is 13.8. The molecule has 0 unspecified atom stereocenters. The van der Waals surface area contributed by atoms with Gasteiger partial charge in [-0.1, -0.05) is 18.2 Å². The summed E-state index contributed by atoms with van der Waals surface area (Å²) >= 11 is 0. The summed E-state index contributed by atoms with van der Waals surface area (Å²) in [6.07, 6.45) is 2.51. The van der Waals surface area contributed by atoms with E-state index in [4.69, 9.17) is 0 Å². The van der Waals surface area contributed by atoms with E-state index in [1.807, 2.05) is 6.07 Å². The Bertz CT molecular complexity index is 789. The van der Waals surface area contributed by atoms with Gasteiger partial charge in [-0.15, -0.1) is 0 Å². The quantitative estimate of drug-likeness (QED) is 0.615. The SMILES string of the molecule is O=[N+]([O-])c1ccc(CCN2CCc3ccc([N+](=O)[O-])cc3CC2)cc1. The summed E-state index contributed by atoms with van der Waals surface area (Å²) in [4.78, 5) is 23.2. The van der Waals surface area contributed by atoms with Crippen LogP contribution in [0, 0.1) is 20.2 Å². The van der Waals surface area contributed by atoms with Crippen molar-refractivity contribution in [2.75, 3.05) is 19.6 Å². The maximum Gasteiger partial charge on any atom is 0.269 e. The van der Waals surface area contributed by atoms with Crippen LogP contribution in [0.15, 0.2) is 42.5 Å². The number of benzene rings is 2. The number of nitro groups is 2. The van der Waals surface area contributed by atoms with Crippen LogP contribution in [0.25, 0.3) is 0 Å². The largest absolute Gasteiger partial charge is 0.302 e. The molecule has 25 heavy (non-hydrogen) atoms. The second kappa shape index (κ2) is 7.40. The predicted molar refractivity (Wildman–Crippen MR) is 93.7 cm³/mol. The second-order valence-corrected chi connectivity index (χ2v) is 6.23. The molecule has 2 aromatic rings. The zero-order chi connectivity index (χ0) is 17.8. The fourth-order valence-electron chi connectivity index (χ4n) is 3.17. The minimum absolute atomic E-state index is 0.107. The standard InChI is InChI=1S/C18H19N3O4/c22-20(23)17-4-1-14(2-5-17)7-10-19-11-8-15-3-6-18(21(24)25)13-16(15)9-12-19/h1-6,13H,7-12H2. The highest BCUT2D eigenvalue weighted by atomic mass is 16.6. The van der Waals surface area contributed by atoms with Gasteiger partial charge >= 0.3 is 0 Å². The first-order valence-electron chi connectivity index (χ1n) is 8.25. The highest BCUT2D eigenvalue weighted by molar-refractivity contribution is 5.40. The van der Waals surface area contributed by atoms with E-state index in [1.165, 1.54) is 17.7 Å². The highest BCUT2D eigenvalue weighted by Gasteiger charge is 2.17. The Balaban J connectivity index is 1.58. The van der Waals surface area contributed by atoms with Crippen LogP contribution in [0.1, 0.15) is 16.7 Å². The van der Waals surface area contributed by atoms with E-state index in [-0.39, 0.29) is 16.3 Å². The van der Waals surface area contributed by atoms with E-state index in [2.05, 4.69) is 4.90 Å². The van der Waals surface area contributed by atoms with Crippen molar-refractivity contribution in [2.45, 2.75) is 19.3 Å². The molecule has 0 aromatic heterocycles. The molecule has 0 bridgehead atoms. The lowest BCUT2D eigenvalue weighted by atomic mass is 10.0. The van der Waals surface area contributed by atoms with Crippen LogP contribution in [0.3, 0.4) is 0 Å². The third kappa shape index (κ3) is 4.19. The average molecular weight is 341 g/mol. The van der Waals surface area contributed by atoms with Crippen LogP contribution in [-0.4, -0.2) is 34.4 Å². The molecule has 130 valence electrons. The normalized spacial score (nSPS) is 14.6. The number of fused-ring (bicyclic) bond motifs is 1. The molecule has 1 aliphatic heterocycles. The Morgan fingerprint density at radius 3 is 2.08 bits per heavy atom. The summed E-state index contributed by atoms with van der Waals surface area (Å²) in [6, 6.07) is 11.8. The van der Waals surface area contributed by atoms with Crippen molar-refractivity contribution in [2.24, 2.45) is 0 Å². The van der Waals surface area contributed by atoms with Crippen molar-refractivity contribution in [1.29, 1.82) is 0 Å². The van der Waals surface area contributed by atoms with Crippen LogP contribution in [-0.2, 0) is 19.3 Å². The van der Waals surface area contributed by atoms with E-state index < -0.39 is 4.92 Å². The van der Waals surface area contributed by atoms with Crippen molar-refractivity contribution >= 4 is 11.4 Å². The fraction of sp³-hybridized carbons (Fsp3) is 0.333. The van der Waals surface area contributed by atoms with Gasteiger partial charge in [0.25, 0.3) is 11.4 Å². The summed E-state index contributed by atoms with van der Waals surface area (Å²) in [5.41, 5.74) is 3.58. The first-order chi connectivity index (χ1) is 12.0. The Morgan fingerprint density at radius 2 is 1.44 bits per heavy atom. The summed E-state index contributed by atoms with van der Waals surface area (Å²) in [5.74, 6) is 0. The van der Waals surface area contributed by atoms with Crippen LogP contribution < -0.4 is 0 Å². The van der Waals surface area contributed by atoms with Gasteiger partial charge in [-0.05, 0) is 36.0 Å². The van der Waals surface area contributed by atoms with Crippen molar-refractivity contribution in [1.82, 2.24) is 4.90 Å². The molecule has 0 saturated heterocycles. The third-order valence-corrected chi connectivity index (χ3v) is 4.66. The van der Waals surface area contributed by atoms with Gasteiger partial charge in [0.15, 0.2) is 0 Å². The van der Waals surface area contributed by atoms with E-state index in [0.717, 1.165) is 50.0 Å². The number of non-ortho nitro benzene ring substituents is 2. The molecule has 1 aliphatic rings. The molecule has 0 fully saturated rings. The van der Waals surface area contributed by atoms with E-state index in [1.54, 1.807) is 24.3 Å². The summed E-state index contributed by atoms with van der Waals surface area (Å²) in [7, 11) is 0. The van der Waals surface area contributed by atoms with Gasteiger partial charge in [0.2, 0.25) is 0 Å². The lowest BCUT2D eigenvalue weighted by Crippen LogP contribution is -2.28. The highest BCUT2D eigenvalue weighted by Crippen LogP contribution is 2.22. The monoisotopic (exact) mass is 341 g/mol. The number of nitro benzene ring substituents is 2. The summed E-state index contributed by atoms with van der Waals surface area (Å²) in [5, 5.41) is 21.6. The molecule has 0 N–H and O–H groups in total. The first-order valence-corrected chi connectivity index (χ1v) is 8.25. The first kappa shape index (κ1) is 17.0. The lowest BCUT2D eigenvalue weighted by molar-refractivity contribution is -0.385. The topological polar surface area (TPSA) is 89.5 Å². The smallest absolute Gasteiger partial charge is 0.269 e. The predicted octanol–water partition coefficient (Wildman–Crippen LogP) is 3.15. The molecule has 1 heterocycles. The van der Waals surface area contributed by atoms with Crippen LogP contribution >= 0.6 is 0 Å². The van der Waals surface area contributed by atoms with Crippen LogP contribution in [0.5, 0.6) is 0 Å². The summed E-state index contributed by atoms with van der Waals surface area (Å²) < 4.78 is 0. The van der Waals surface area contributed by atoms with Gasteiger partial charge in [-0.3, -0.25) is 20.2 Å². The number of rotatable bonds is 5. The van der Waals surface area contributed by atoms with Crippen LogP contribution in [0.4, 0.5) is 11.4 Å². The molecule has 0 atom stereocenters. The van der Waals surface area contributed by atoms with Gasteiger partial charge in [-0.2, -0.15) is 0 Å². The summed E-state index contributed by atoms with van der Waals surface area (Å²) in [6.45, 7) is 2.65. The molecular formula is C18H19N3O4. The van der Waals surface area contributed by atoms with E-state index >= 15 is 0 Å². The lowest BCUT2D eigenvalue weighted by Gasteiger charge is -2.19. The number of nitrogens with zero attached hydrogens (tertiary/aromatic N) is 3. The van der Waals surface area contributed by atoms with Gasteiger partial charge < -0.3 is 4.90 Å². The van der Waals surface area contributed by atoms with Crippen LogP contribution in [0.2, 0.25) is 0 Å². The van der Waals surface area contributed by atoms with Gasteiger partial charge in [0.05, 0.1) is 9.85 Å². The third-order valence-electron chi connectivity index (χ3n) is 4.66. The van der Waals surface area contributed by atoms with Gasteiger partial charge in [0, 0.05) is 43.9 Å². The van der Waals surface area contributed by atoms with Gasteiger partial charge in [0.1, 0.15) is 0 Å². The van der Waals surface area contributed by atoms with Gasteiger partial charge in [-0.25, -0.2) is 0 Å². The maximum atomic E-state index is 10.9. The molecular weight excluding hydrogens is 322 g/mol. The molecule has 7 nitrogen and oxygen atoms in total. The Labute approximate surface area is 145 Å². The molecule has 0 spiro atoms. The minimum atomic E-state index is -0.394. The number of hydrogen-bond acceptors (Lipinski definition) is 5. The Kier molecular flexibility index (Phi) is 5.04. The Hall–Kier alpha value is -2.80. The molecule has 0 aliphatic carbocycles. The second-order valence-electron chi connectivity index (χ2n) is 6.23.